The minimum atomic E-state index is -0.336. The number of rotatable bonds is 4. The number of hydrogen-bond donors (Lipinski definition) is 0. The van der Waals surface area contributed by atoms with Gasteiger partial charge in [-0.1, -0.05) is 35.8 Å². The molecule has 1 fully saturated rings. The van der Waals surface area contributed by atoms with Gasteiger partial charge in [0, 0.05) is 41.5 Å². The van der Waals surface area contributed by atoms with Crippen molar-refractivity contribution < 1.29 is 9.32 Å². The van der Waals surface area contributed by atoms with Crippen molar-refractivity contribution in [2.45, 2.75) is 31.6 Å². The standard InChI is InChI=1S/C21H21ClN4O2/c1-21(20-24-19(28-25-20)16-6-9-23-10-7-16)8-3-11-26(14-21)18(27)13-15-4-2-5-17(22)12-15/h2,4-7,9-10,12H,3,8,11,13-14H2,1H3. The van der Waals surface area contributed by atoms with E-state index in [0.717, 1.165) is 30.5 Å². The van der Waals surface area contributed by atoms with Gasteiger partial charge in [0.1, 0.15) is 0 Å². The lowest BCUT2D eigenvalue weighted by Gasteiger charge is -2.38. The van der Waals surface area contributed by atoms with Crippen molar-refractivity contribution in [1.29, 1.82) is 0 Å². The predicted octanol–water partition coefficient (Wildman–Crippen LogP) is 3.91. The fraction of sp³-hybridized carbons (Fsp3) is 0.333. The van der Waals surface area contributed by atoms with Crippen LogP contribution in [0.1, 0.15) is 31.2 Å². The van der Waals surface area contributed by atoms with Gasteiger partial charge in [0.25, 0.3) is 5.89 Å². The number of carbonyl (C=O) groups is 1. The monoisotopic (exact) mass is 396 g/mol. The molecule has 6 nitrogen and oxygen atoms in total. The second kappa shape index (κ2) is 7.72. The first kappa shape index (κ1) is 18.6. The van der Waals surface area contributed by atoms with Gasteiger partial charge in [0.15, 0.2) is 5.82 Å². The van der Waals surface area contributed by atoms with Gasteiger partial charge in [-0.25, -0.2) is 0 Å². The third-order valence-corrected chi connectivity index (χ3v) is 5.42. The number of pyridine rings is 1. The molecule has 3 heterocycles. The maximum Gasteiger partial charge on any atom is 0.258 e. The Morgan fingerprint density at radius 2 is 2.11 bits per heavy atom. The molecule has 0 radical (unpaired) electrons. The second-order valence-corrected chi connectivity index (χ2v) is 7.88. The van der Waals surface area contributed by atoms with Crippen LogP contribution >= 0.6 is 11.6 Å². The minimum absolute atomic E-state index is 0.0889. The number of carbonyl (C=O) groups excluding carboxylic acids is 1. The van der Waals surface area contributed by atoms with Gasteiger partial charge in [-0.15, -0.1) is 0 Å². The summed E-state index contributed by atoms with van der Waals surface area (Å²) < 4.78 is 5.47. The van der Waals surface area contributed by atoms with E-state index in [-0.39, 0.29) is 11.3 Å². The van der Waals surface area contributed by atoms with Crippen LogP contribution in [0.3, 0.4) is 0 Å². The molecule has 0 spiro atoms. The summed E-state index contributed by atoms with van der Waals surface area (Å²) in [5.41, 5.74) is 1.42. The van der Waals surface area contributed by atoms with Crippen LogP contribution in [0, 0.1) is 0 Å². The normalized spacial score (nSPS) is 19.6. The van der Waals surface area contributed by atoms with Crippen molar-refractivity contribution in [3.8, 4) is 11.5 Å². The van der Waals surface area contributed by atoms with Crippen LogP contribution in [0.15, 0.2) is 53.3 Å². The van der Waals surface area contributed by atoms with Crippen LogP contribution in [-0.2, 0) is 16.6 Å². The number of aromatic nitrogens is 3. The van der Waals surface area contributed by atoms with Crippen LogP contribution in [0.2, 0.25) is 5.02 Å². The molecule has 1 aliphatic heterocycles. The maximum absolute atomic E-state index is 12.8. The van der Waals surface area contributed by atoms with E-state index in [4.69, 9.17) is 16.1 Å². The third kappa shape index (κ3) is 3.92. The van der Waals surface area contributed by atoms with E-state index in [1.54, 1.807) is 12.4 Å². The summed E-state index contributed by atoms with van der Waals surface area (Å²) >= 11 is 6.04. The highest BCUT2D eigenvalue weighted by molar-refractivity contribution is 6.30. The molecule has 1 saturated heterocycles. The Morgan fingerprint density at radius 1 is 1.29 bits per heavy atom. The fourth-order valence-electron chi connectivity index (χ4n) is 3.65. The highest BCUT2D eigenvalue weighted by Gasteiger charge is 2.38. The van der Waals surface area contributed by atoms with E-state index < -0.39 is 0 Å². The van der Waals surface area contributed by atoms with E-state index in [0.29, 0.717) is 29.7 Å². The average Bonchev–Trinajstić information content (AvgIpc) is 3.20. The first-order valence-electron chi connectivity index (χ1n) is 9.30. The highest BCUT2D eigenvalue weighted by atomic mass is 35.5. The number of amides is 1. The Bertz CT molecular complexity index is 975. The van der Waals surface area contributed by atoms with Crippen molar-refractivity contribution in [3.63, 3.8) is 0 Å². The molecule has 4 rings (SSSR count). The van der Waals surface area contributed by atoms with Crippen LogP contribution < -0.4 is 0 Å². The fourth-order valence-corrected chi connectivity index (χ4v) is 3.86. The molecule has 0 bridgehead atoms. The van der Waals surface area contributed by atoms with Crippen molar-refractivity contribution in [2.24, 2.45) is 0 Å². The molecule has 28 heavy (non-hydrogen) atoms. The smallest absolute Gasteiger partial charge is 0.258 e. The Labute approximate surface area is 168 Å². The van der Waals surface area contributed by atoms with Crippen LogP contribution in [0.4, 0.5) is 0 Å². The zero-order valence-electron chi connectivity index (χ0n) is 15.6. The summed E-state index contributed by atoms with van der Waals surface area (Å²) in [6.45, 7) is 3.40. The van der Waals surface area contributed by atoms with Gasteiger partial charge in [0.2, 0.25) is 5.91 Å². The number of halogens is 1. The Morgan fingerprint density at radius 3 is 2.89 bits per heavy atom. The SMILES string of the molecule is CC1(c2noc(-c3ccncc3)n2)CCCN(C(=O)Cc2cccc(Cl)c2)C1. The van der Waals surface area contributed by atoms with Gasteiger partial charge in [-0.05, 0) is 42.7 Å². The lowest BCUT2D eigenvalue weighted by molar-refractivity contribution is -0.132. The Balaban J connectivity index is 1.49. The lowest BCUT2D eigenvalue weighted by Crippen LogP contribution is -2.48. The molecule has 144 valence electrons. The maximum atomic E-state index is 12.8. The van der Waals surface area contributed by atoms with E-state index >= 15 is 0 Å². The molecular formula is C21H21ClN4O2. The third-order valence-electron chi connectivity index (χ3n) is 5.19. The average molecular weight is 397 g/mol. The van der Waals surface area contributed by atoms with Crippen LogP contribution in [-0.4, -0.2) is 39.0 Å². The lowest BCUT2D eigenvalue weighted by atomic mass is 9.81. The van der Waals surface area contributed by atoms with Gasteiger partial charge in [0.05, 0.1) is 6.42 Å². The summed E-state index contributed by atoms with van der Waals surface area (Å²) in [6, 6.07) is 11.1. The molecular weight excluding hydrogens is 376 g/mol. The zero-order valence-corrected chi connectivity index (χ0v) is 16.4. The Kier molecular flexibility index (Phi) is 5.13. The van der Waals surface area contributed by atoms with Crippen molar-refractivity contribution in [1.82, 2.24) is 20.0 Å². The van der Waals surface area contributed by atoms with Gasteiger partial charge in [-0.2, -0.15) is 4.98 Å². The summed E-state index contributed by atoms with van der Waals surface area (Å²) in [5, 5.41) is 4.86. The summed E-state index contributed by atoms with van der Waals surface area (Å²) in [5.74, 6) is 1.20. The predicted molar refractivity (Wildman–Crippen MR) is 106 cm³/mol. The van der Waals surface area contributed by atoms with Crippen molar-refractivity contribution >= 4 is 17.5 Å². The summed E-state index contributed by atoms with van der Waals surface area (Å²) in [7, 11) is 0. The number of benzene rings is 1. The largest absolute Gasteiger partial charge is 0.341 e. The molecule has 0 saturated carbocycles. The molecule has 1 aromatic carbocycles. The molecule has 3 aromatic rings. The Hall–Kier alpha value is -2.73. The number of likely N-dealkylation sites (tertiary alicyclic amines) is 1. The van der Waals surface area contributed by atoms with Gasteiger partial charge < -0.3 is 9.42 Å². The molecule has 2 aromatic heterocycles. The molecule has 1 atom stereocenters. The van der Waals surface area contributed by atoms with E-state index in [1.807, 2.05) is 41.3 Å². The minimum Gasteiger partial charge on any atom is -0.341 e. The molecule has 7 heteroatoms. The molecule has 0 N–H and O–H groups in total. The molecule has 1 amide bonds. The topological polar surface area (TPSA) is 72.1 Å². The summed E-state index contributed by atoms with van der Waals surface area (Å²) in [4.78, 5) is 23.3. The van der Waals surface area contributed by atoms with E-state index in [1.165, 1.54) is 0 Å². The van der Waals surface area contributed by atoms with Crippen molar-refractivity contribution in [3.05, 3.63) is 65.2 Å². The van der Waals surface area contributed by atoms with Crippen LogP contribution in [0.5, 0.6) is 0 Å². The number of piperidine rings is 1. The first-order valence-corrected chi connectivity index (χ1v) is 9.68. The quantitative estimate of drug-likeness (QED) is 0.668. The zero-order chi connectivity index (χ0) is 19.6. The number of nitrogens with zero attached hydrogens (tertiary/aromatic N) is 4. The van der Waals surface area contributed by atoms with E-state index in [2.05, 4.69) is 22.0 Å². The van der Waals surface area contributed by atoms with Crippen molar-refractivity contribution in [2.75, 3.05) is 13.1 Å². The van der Waals surface area contributed by atoms with Gasteiger partial charge in [-0.3, -0.25) is 9.78 Å². The molecule has 1 unspecified atom stereocenters. The van der Waals surface area contributed by atoms with Crippen LogP contribution in [0.25, 0.3) is 11.5 Å². The van der Waals surface area contributed by atoms with E-state index in [9.17, 15) is 4.79 Å². The molecule has 0 aliphatic carbocycles. The highest BCUT2D eigenvalue weighted by Crippen LogP contribution is 2.33. The van der Waals surface area contributed by atoms with Gasteiger partial charge >= 0.3 is 0 Å². The summed E-state index contributed by atoms with van der Waals surface area (Å²) in [6.07, 6.45) is 5.53. The second-order valence-electron chi connectivity index (χ2n) is 7.45. The number of hydrogen-bond acceptors (Lipinski definition) is 5. The molecule has 1 aliphatic rings. The first-order chi connectivity index (χ1) is 13.5.